The van der Waals surface area contributed by atoms with Gasteiger partial charge in [-0.25, -0.2) is 4.79 Å². The van der Waals surface area contributed by atoms with Gasteiger partial charge in [0.2, 0.25) is 0 Å². The quantitative estimate of drug-likeness (QED) is 0.266. The topological polar surface area (TPSA) is 97.5 Å². The van der Waals surface area contributed by atoms with Gasteiger partial charge in [-0.05, 0) is 70.2 Å². The lowest BCUT2D eigenvalue weighted by atomic mass is 9.62. The number of aromatic carboxylic acids is 1. The Morgan fingerprint density at radius 2 is 1.41 bits per heavy atom. The van der Waals surface area contributed by atoms with Crippen LogP contribution in [0.15, 0.2) is 60.7 Å². The van der Waals surface area contributed by atoms with E-state index < -0.39 is 10.9 Å². The predicted octanol–water partition coefficient (Wildman–Crippen LogP) is 6.54. The molecule has 0 fully saturated rings. The summed E-state index contributed by atoms with van der Waals surface area (Å²) in [5, 5.41) is 20.6. The zero-order valence-electron chi connectivity index (χ0n) is 19.7. The van der Waals surface area contributed by atoms with Crippen LogP contribution in [0.4, 0.5) is 5.69 Å². The second-order valence-corrected chi connectivity index (χ2v) is 10.2. The third-order valence-electron chi connectivity index (χ3n) is 7.00. The van der Waals surface area contributed by atoms with E-state index in [-0.39, 0.29) is 27.9 Å². The Kier molecular flexibility index (Phi) is 5.64. The van der Waals surface area contributed by atoms with Crippen LogP contribution in [0.1, 0.15) is 77.9 Å². The number of non-ortho nitro benzene ring substituents is 1. The van der Waals surface area contributed by atoms with E-state index in [9.17, 15) is 24.8 Å². The fraction of sp³-hybridized carbons (Fsp3) is 0.286. The summed E-state index contributed by atoms with van der Waals surface area (Å²) in [6, 6.07) is 16.1. The first-order valence-electron chi connectivity index (χ1n) is 11.2. The lowest BCUT2D eigenvalue weighted by Crippen LogP contribution is -2.34. The number of nitrogens with zero attached hydrogens (tertiary/aromatic N) is 1. The molecule has 0 heterocycles. The molecule has 34 heavy (non-hydrogen) atoms. The number of carboxylic acid groups (broad SMARTS) is 1. The maximum absolute atomic E-state index is 13.7. The summed E-state index contributed by atoms with van der Waals surface area (Å²) in [6.07, 6.45) is 1.97. The molecule has 0 aromatic heterocycles. The number of rotatable bonds is 5. The molecule has 0 aliphatic heterocycles. The zero-order chi connectivity index (χ0) is 24.8. The van der Waals surface area contributed by atoms with Crippen molar-refractivity contribution in [1.29, 1.82) is 0 Å². The van der Waals surface area contributed by atoms with Gasteiger partial charge in [0.25, 0.3) is 5.69 Å². The summed E-state index contributed by atoms with van der Waals surface area (Å²) in [5.41, 5.74) is 4.12. The molecular formula is C28H27NO5. The van der Waals surface area contributed by atoms with Gasteiger partial charge in [0, 0.05) is 23.3 Å². The summed E-state index contributed by atoms with van der Waals surface area (Å²) < 4.78 is 0. The number of nitro benzene ring substituents is 1. The van der Waals surface area contributed by atoms with Crippen LogP contribution in [-0.2, 0) is 10.8 Å². The van der Waals surface area contributed by atoms with Crippen molar-refractivity contribution in [1.82, 2.24) is 0 Å². The summed E-state index contributed by atoms with van der Waals surface area (Å²) in [7, 11) is 0. The second-order valence-electron chi connectivity index (χ2n) is 10.2. The fourth-order valence-electron chi connectivity index (χ4n) is 4.75. The van der Waals surface area contributed by atoms with Crippen LogP contribution in [0.3, 0.4) is 0 Å². The average molecular weight is 458 g/mol. The van der Waals surface area contributed by atoms with Gasteiger partial charge in [-0.1, -0.05) is 52.0 Å². The number of carbonyl (C=O) groups is 2. The van der Waals surface area contributed by atoms with E-state index in [1.54, 1.807) is 12.1 Å². The molecule has 6 nitrogen and oxygen atoms in total. The smallest absolute Gasteiger partial charge is 0.335 e. The zero-order valence-corrected chi connectivity index (χ0v) is 19.7. The summed E-state index contributed by atoms with van der Waals surface area (Å²) >= 11 is 0. The van der Waals surface area contributed by atoms with E-state index in [1.165, 1.54) is 36.4 Å². The third kappa shape index (κ3) is 4.12. The molecule has 1 aliphatic carbocycles. The first-order valence-corrected chi connectivity index (χ1v) is 11.2. The van der Waals surface area contributed by atoms with Gasteiger partial charge >= 0.3 is 5.97 Å². The Labute approximate surface area is 198 Å². The van der Waals surface area contributed by atoms with Crippen LogP contribution < -0.4 is 0 Å². The molecule has 0 radical (unpaired) electrons. The fourth-order valence-corrected chi connectivity index (χ4v) is 4.75. The van der Waals surface area contributed by atoms with Crippen LogP contribution in [0.25, 0.3) is 11.1 Å². The number of nitro groups is 1. The molecule has 0 saturated heterocycles. The molecule has 174 valence electrons. The molecule has 1 N–H and O–H groups in total. The maximum atomic E-state index is 13.7. The summed E-state index contributed by atoms with van der Waals surface area (Å²) in [4.78, 5) is 35.9. The van der Waals surface area contributed by atoms with Crippen molar-refractivity contribution in [2.45, 2.75) is 51.4 Å². The van der Waals surface area contributed by atoms with Gasteiger partial charge in [0.05, 0.1) is 10.5 Å². The molecule has 4 rings (SSSR count). The standard InChI is InChI=1S/C28H27NO5/c1-27(2)12-13-28(3,4)24-16-22(25(30)17-8-10-18(11-9-17)26(31)32)21(15-23(24)27)19-6-5-7-20(14-19)29(33)34/h5-11,14-16H,12-13H2,1-4H3,(H,31,32). The van der Waals surface area contributed by atoms with Gasteiger partial charge in [-0.2, -0.15) is 0 Å². The van der Waals surface area contributed by atoms with Crippen LogP contribution in [0, 0.1) is 10.1 Å². The Morgan fingerprint density at radius 1 is 0.853 bits per heavy atom. The van der Waals surface area contributed by atoms with E-state index in [1.807, 2.05) is 12.1 Å². The average Bonchev–Trinajstić information content (AvgIpc) is 2.81. The highest BCUT2D eigenvalue weighted by Gasteiger charge is 2.38. The minimum Gasteiger partial charge on any atom is -0.478 e. The minimum atomic E-state index is -1.06. The maximum Gasteiger partial charge on any atom is 0.335 e. The molecule has 0 amide bonds. The van der Waals surface area contributed by atoms with Crippen LogP contribution in [0.2, 0.25) is 0 Å². The third-order valence-corrected chi connectivity index (χ3v) is 7.00. The Morgan fingerprint density at radius 3 is 1.97 bits per heavy atom. The molecule has 0 atom stereocenters. The predicted molar refractivity (Wildman–Crippen MR) is 131 cm³/mol. The molecule has 6 heteroatoms. The molecule has 3 aromatic carbocycles. The van der Waals surface area contributed by atoms with Crippen molar-refractivity contribution in [3.63, 3.8) is 0 Å². The summed E-state index contributed by atoms with van der Waals surface area (Å²) in [6.45, 7) is 8.71. The number of ketones is 1. The number of carboxylic acids is 1. The van der Waals surface area contributed by atoms with E-state index in [0.717, 1.165) is 24.0 Å². The monoisotopic (exact) mass is 457 g/mol. The number of carbonyl (C=O) groups excluding carboxylic acids is 1. The number of hydrogen-bond acceptors (Lipinski definition) is 4. The largest absolute Gasteiger partial charge is 0.478 e. The number of hydrogen-bond donors (Lipinski definition) is 1. The Balaban J connectivity index is 1.97. The molecule has 3 aromatic rings. The lowest BCUT2D eigenvalue weighted by Gasteiger charge is -2.42. The number of fused-ring (bicyclic) bond motifs is 1. The highest BCUT2D eigenvalue weighted by Crippen LogP contribution is 2.48. The van der Waals surface area contributed by atoms with E-state index in [2.05, 4.69) is 27.7 Å². The van der Waals surface area contributed by atoms with Gasteiger partial charge in [0.15, 0.2) is 5.78 Å². The normalized spacial score (nSPS) is 15.9. The van der Waals surface area contributed by atoms with E-state index >= 15 is 0 Å². The molecule has 0 bridgehead atoms. The van der Waals surface area contributed by atoms with E-state index in [4.69, 9.17) is 0 Å². The van der Waals surface area contributed by atoms with Gasteiger partial charge in [0.1, 0.15) is 0 Å². The van der Waals surface area contributed by atoms with Crippen LogP contribution in [0.5, 0.6) is 0 Å². The summed E-state index contributed by atoms with van der Waals surface area (Å²) in [5.74, 6) is -1.31. The van der Waals surface area contributed by atoms with Gasteiger partial charge in [-0.15, -0.1) is 0 Å². The van der Waals surface area contributed by atoms with Gasteiger partial charge < -0.3 is 5.11 Å². The van der Waals surface area contributed by atoms with Crippen molar-refractivity contribution in [2.75, 3.05) is 0 Å². The highest BCUT2D eigenvalue weighted by atomic mass is 16.6. The Hall–Kier alpha value is -3.80. The second kappa shape index (κ2) is 8.20. The molecule has 0 saturated carbocycles. The SMILES string of the molecule is CC1(C)CCC(C)(C)c2cc(-c3cccc([N+](=O)[O-])c3)c(C(=O)c3ccc(C(=O)O)cc3)cc21. The Bertz CT molecular complexity index is 1320. The lowest BCUT2D eigenvalue weighted by molar-refractivity contribution is -0.384. The molecular weight excluding hydrogens is 430 g/mol. The van der Waals surface area contributed by atoms with Crippen LogP contribution >= 0.6 is 0 Å². The molecule has 0 spiro atoms. The van der Waals surface area contributed by atoms with Crippen molar-refractivity contribution < 1.29 is 19.6 Å². The van der Waals surface area contributed by atoms with Crippen molar-refractivity contribution in [3.05, 3.63) is 98.6 Å². The molecule has 0 unspecified atom stereocenters. The molecule has 1 aliphatic rings. The van der Waals surface area contributed by atoms with Crippen LogP contribution in [-0.4, -0.2) is 21.8 Å². The first-order chi connectivity index (χ1) is 15.9. The van der Waals surface area contributed by atoms with E-state index in [0.29, 0.717) is 22.3 Å². The van der Waals surface area contributed by atoms with Crippen molar-refractivity contribution in [2.24, 2.45) is 0 Å². The first kappa shape index (κ1) is 23.4. The van der Waals surface area contributed by atoms with Crippen molar-refractivity contribution >= 4 is 17.4 Å². The van der Waals surface area contributed by atoms with Crippen molar-refractivity contribution in [3.8, 4) is 11.1 Å². The number of benzene rings is 3. The minimum absolute atomic E-state index is 0.0426. The van der Waals surface area contributed by atoms with Gasteiger partial charge in [-0.3, -0.25) is 14.9 Å². The highest BCUT2D eigenvalue weighted by molar-refractivity contribution is 6.13.